The second kappa shape index (κ2) is 6.52. The molecular weight excluding hydrogens is 292 g/mol. The summed E-state index contributed by atoms with van der Waals surface area (Å²) < 4.78 is 5.57. The third-order valence-corrected chi connectivity index (χ3v) is 3.67. The van der Waals surface area contributed by atoms with Gasteiger partial charge < -0.3 is 10.1 Å². The highest BCUT2D eigenvalue weighted by Crippen LogP contribution is 2.30. The van der Waals surface area contributed by atoms with Crippen LogP contribution in [0.15, 0.2) is 48.5 Å². The summed E-state index contributed by atoms with van der Waals surface area (Å²) in [5, 5.41) is 2.81. The summed E-state index contributed by atoms with van der Waals surface area (Å²) in [5.41, 5.74) is 2.47. The van der Waals surface area contributed by atoms with Crippen LogP contribution in [0.2, 0.25) is 0 Å². The lowest BCUT2D eigenvalue weighted by Crippen LogP contribution is -2.37. The van der Waals surface area contributed by atoms with Gasteiger partial charge in [-0.3, -0.25) is 14.5 Å². The number of rotatable bonds is 3. The number of para-hydroxylation sites is 2. The van der Waals surface area contributed by atoms with Crippen LogP contribution in [0.25, 0.3) is 0 Å². The van der Waals surface area contributed by atoms with Crippen molar-refractivity contribution in [3.05, 3.63) is 54.1 Å². The minimum atomic E-state index is -0.237. The molecule has 0 saturated heterocycles. The second-order valence-corrected chi connectivity index (χ2v) is 5.46. The van der Waals surface area contributed by atoms with Gasteiger partial charge in [-0.25, -0.2) is 0 Å². The van der Waals surface area contributed by atoms with Crippen LogP contribution in [-0.2, 0) is 9.59 Å². The van der Waals surface area contributed by atoms with Crippen molar-refractivity contribution in [3.63, 3.8) is 0 Å². The fourth-order valence-electron chi connectivity index (χ4n) is 2.47. The fourth-order valence-corrected chi connectivity index (χ4v) is 2.47. The van der Waals surface area contributed by atoms with Crippen LogP contribution in [0.4, 0.5) is 11.4 Å². The molecule has 1 N–H and O–H groups in total. The van der Waals surface area contributed by atoms with Gasteiger partial charge in [0.15, 0.2) is 0 Å². The van der Waals surface area contributed by atoms with Gasteiger partial charge in [0.05, 0.1) is 18.7 Å². The first kappa shape index (κ1) is 15.1. The first-order valence-corrected chi connectivity index (χ1v) is 7.52. The average Bonchev–Trinajstić information content (AvgIpc) is 2.70. The maximum atomic E-state index is 12.3. The molecule has 5 heteroatoms. The highest BCUT2D eigenvalue weighted by molar-refractivity contribution is 6.03. The van der Waals surface area contributed by atoms with E-state index in [4.69, 9.17) is 4.74 Å². The van der Waals surface area contributed by atoms with E-state index >= 15 is 0 Å². The number of nitrogens with zero attached hydrogens (tertiary/aromatic N) is 1. The first-order chi connectivity index (χ1) is 11.1. The molecule has 1 aliphatic heterocycles. The molecule has 2 amide bonds. The molecule has 0 saturated carbocycles. The summed E-state index contributed by atoms with van der Waals surface area (Å²) in [5.74, 6) is 0.273. The van der Waals surface area contributed by atoms with Crippen LogP contribution < -0.4 is 15.0 Å². The normalized spacial score (nSPS) is 13.8. The molecule has 0 radical (unpaired) electrons. The number of aryl methyl sites for hydroxylation is 1. The van der Waals surface area contributed by atoms with E-state index in [1.165, 1.54) is 4.90 Å². The van der Waals surface area contributed by atoms with Gasteiger partial charge in [-0.15, -0.1) is 0 Å². The zero-order valence-corrected chi connectivity index (χ0v) is 12.9. The number of carbonyl (C=O) groups is 2. The summed E-state index contributed by atoms with van der Waals surface area (Å²) in [7, 11) is 0. The predicted molar refractivity (Wildman–Crippen MR) is 88.7 cm³/mol. The maximum absolute atomic E-state index is 12.3. The molecule has 0 spiro atoms. The molecule has 118 valence electrons. The van der Waals surface area contributed by atoms with Crippen LogP contribution >= 0.6 is 0 Å². The zero-order chi connectivity index (χ0) is 16.2. The average molecular weight is 310 g/mol. The Morgan fingerprint density at radius 1 is 1.17 bits per heavy atom. The number of benzene rings is 2. The molecule has 2 aromatic carbocycles. The molecule has 0 fully saturated rings. The van der Waals surface area contributed by atoms with E-state index in [9.17, 15) is 9.59 Å². The van der Waals surface area contributed by atoms with Crippen LogP contribution in [0, 0.1) is 6.92 Å². The Morgan fingerprint density at radius 3 is 2.70 bits per heavy atom. The minimum Gasteiger partial charge on any atom is -0.491 e. The van der Waals surface area contributed by atoms with Crippen LogP contribution in [-0.4, -0.2) is 25.0 Å². The topological polar surface area (TPSA) is 58.6 Å². The minimum absolute atomic E-state index is 0.0346. The van der Waals surface area contributed by atoms with E-state index in [0.29, 0.717) is 23.7 Å². The van der Waals surface area contributed by atoms with Gasteiger partial charge in [0.1, 0.15) is 12.3 Å². The molecule has 3 rings (SSSR count). The zero-order valence-electron chi connectivity index (χ0n) is 12.9. The molecule has 1 aliphatic rings. The van der Waals surface area contributed by atoms with Crippen molar-refractivity contribution in [1.29, 1.82) is 0 Å². The standard InChI is InChI=1S/C18H18N2O3/c1-13-6-8-14(9-7-13)19-17(21)12-20-15-4-2-3-5-16(15)23-11-10-18(20)22/h2-9H,10-12H2,1H3,(H,19,21). The third kappa shape index (κ3) is 3.51. The van der Waals surface area contributed by atoms with Gasteiger partial charge in [-0.05, 0) is 31.2 Å². The number of fused-ring (bicyclic) bond motifs is 1. The molecule has 23 heavy (non-hydrogen) atoms. The van der Waals surface area contributed by atoms with Crippen LogP contribution in [0.1, 0.15) is 12.0 Å². The molecule has 0 aliphatic carbocycles. The lowest BCUT2D eigenvalue weighted by atomic mass is 10.2. The van der Waals surface area contributed by atoms with Crippen molar-refractivity contribution < 1.29 is 14.3 Å². The van der Waals surface area contributed by atoms with Crippen molar-refractivity contribution in [3.8, 4) is 5.75 Å². The number of carbonyl (C=O) groups excluding carboxylic acids is 2. The Balaban J connectivity index is 1.76. The van der Waals surface area contributed by atoms with E-state index in [1.807, 2.05) is 43.3 Å². The van der Waals surface area contributed by atoms with Crippen molar-refractivity contribution >= 4 is 23.2 Å². The Morgan fingerprint density at radius 2 is 1.91 bits per heavy atom. The largest absolute Gasteiger partial charge is 0.491 e. The maximum Gasteiger partial charge on any atom is 0.244 e. The van der Waals surface area contributed by atoms with Gasteiger partial charge in [0, 0.05) is 5.69 Å². The Kier molecular flexibility index (Phi) is 4.28. The van der Waals surface area contributed by atoms with Crippen molar-refractivity contribution in [2.75, 3.05) is 23.4 Å². The molecule has 1 heterocycles. The van der Waals surface area contributed by atoms with Gasteiger partial charge >= 0.3 is 0 Å². The molecule has 0 unspecified atom stereocenters. The molecule has 2 aromatic rings. The number of hydrogen-bond acceptors (Lipinski definition) is 3. The molecule has 0 bridgehead atoms. The van der Waals surface area contributed by atoms with Crippen molar-refractivity contribution in [2.24, 2.45) is 0 Å². The third-order valence-electron chi connectivity index (χ3n) is 3.67. The van der Waals surface area contributed by atoms with E-state index in [2.05, 4.69) is 5.32 Å². The van der Waals surface area contributed by atoms with Gasteiger partial charge in [0.2, 0.25) is 11.8 Å². The fraction of sp³-hybridized carbons (Fsp3) is 0.222. The molecule has 0 atom stereocenters. The Labute approximate surface area is 134 Å². The van der Waals surface area contributed by atoms with Gasteiger partial charge in [0.25, 0.3) is 0 Å². The summed E-state index contributed by atoms with van der Waals surface area (Å²) in [6, 6.07) is 14.8. The lowest BCUT2D eigenvalue weighted by molar-refractivity contribution is -0.121. The molecule has 0 aromatic heterocycles. The smallest absolute Gasteiger partial charge is 0.244 e. The van der Waals surface area contributed by atoms with Gasteiger partial charge in [-0.1, -0.05) is 29.8 Å². The van der Waals surface area contributed by atoms with E-state index < -0.39 is 0 Å². The van der Waals surface area contributed by atoms with E-state index in [0.717, 1.165) is 5.56 Å². The predicted octanol–water partition coefficient (Wildman–Crippen LogP) is 2.75. The molecule has 5 nitrogen and oxygen atoms in total. The summed E-state index contributed by atoms with van der Waals surface area (Å²) in [4.78, 5) is 26.0. The highest BCUT2D eigenvalue weighted by atomic mass is 16.5. The number of anilines is 2. The summed E-state index contributed by atoms with van der Waals surface area (Å²) >= 11 is 0. The van der Waals surface area contributed by atoms with E-state index in [1.54, 1.807) is 12.1 Å². The lowest BCUT2D eigenvalue weighted by Gasteiger charge is -2.21. The van der Waals surface area contributed by atoms with Crippen LogP contribution in [0.3, 0.4) is 0 Å². The quantitative estimate of drug-likeness (QED) is 0.948. The number of amides is 2. The molecular formula is C18H18N2O3. The van der Waals surface area contributed by atoms with Crippen LogP contribution in [0.5, 0.6) is 5.75 Å². The number of hydrogen-bond donors (Lipinski definition) is 1. The van der Waals surface area contributed by atoms with Crippen molar-refractivity contribution in [2.45, 2.75) is 13.3 Å². The second-order valence-electron chi connectivity index (χ2n) is 5.46. The highest BCUT2D eigenvalue weighted by Gasteiger charge is 2.24. The first-order valence-electron chi connectivity index (χ1n) is 7.52. The Hall–Kier alpha value is -2.82. The summed E-state index contributed by atoms with van der Waals surface area (Å²) in [6.45, 7) is 2.28. The Bertz CT molecular complexity index is 725. The number of ether oxygens (including phenoxy) is 1. The van der Waals surface area contributed by atoms with Crippen molar-refractivity contribution in [1.82, 2.24) is 0 Å². The van der Waals surface area contributed by atoms with E-state index in [-0.39, 0.29) is 24.8 Å². The summed E-state index contributed by atoms with van der Waals surface area (Å²) in [6.07, 6.45) is 0.256. The van der Waals surface area contributed by atoms with Gasteiger partial charge in [-0.2, -0.15) is 0 Å². The SMILES string of the molecule is Cc1ccc(NC(=O)CN2C(=O)CCOc3ccccc32)cc1. The monoisotopic (exact) mass is 310 g/mol. The number of nitrogens with one attached hydrogen (secondary N) is 1.